The van der Waals surface area contributed by atoms with E-state index in [1.807, 2.05) is 30.3 Å². The Balaban J connectivity index is 2.29. The Morgan fingerprint density at radius 1 is 1.00 bits per heavy atom. The van der Waals surface area contributed by atoms with E-state index in [0.29, 0.717) is 0 Å². The van der Waals surface area contributed by atoms with Crippen LogP contribution in [0.4, 0.5) is 0 Å². The van der Waals surface area contributed by atoms with E-state index < -0.39 is 48.4 Å². The summed E-state index contributed by atoms with van der Waals surface area (Å²) in [4.78, 5) is 34.8. The number of benzene rings is 1. The zero-order valence-corrected chi connectivity index (χ0v) is 14.9. The fourth-order valence-electron chi connectivity index (χ4n) is 2.87. The van der Waals surface area contributed by atoms with Crippen molar-refractivity contribution in [3.63, 3.8) is 0 Å². The van der Waals surface area contributed by atoms with Crippen molar-refractivity contribution in [3.8, 4) is 0 Å². The summed E-state index contributed by atoms with van der Waals surface area (Å²) in [5, 5.41) is 0. The van der Waals surface area contributed by atoms with Gasteiger partial charge in [0, 0.05) is 13.8 Å². The Labute approximate surface area is 151 Å². The highest BCUT2D eigenvalue weighted by Gasteiger charge is 2.51. The van der Waals surface area contributed by atoms with Crippen molar-refractivity contribution in [3.05, 3.63) is 35.9 Å². The standard InChI is InChI=1S/C18H23NO7/c1-10-14(25-11(2)20)15(23-9-13-7-5-4-6-8-13)16(26-12(3)21)17(24-10)18(19)22/h4-8,10,14-17H,9H2,1-3H3,(H2,19,22)/t10-,14?,15+,16-,17?/m0/s1. The van der Waals surface area contributed by atoms with Gasteiger partial charge in [-0.05, 0) is 12.5 Å². The van der Waals surface area contributed by atoms with E-state index >= 15 is 0 Å². The first-order chi connectivity index (χ1) is 12.3. The molecule has 1 aliphatic heterocycles. The van der Waals surface area contributed by atoms with Gasteiger partial charge < -0.3 is 24.7 Å². The summed E-state index contributed by atoms with van der Waals surface area (Å²) in [5.74, 6) is -1.97. The molecule has 1 aromatic carbocycles. The molecule has 1 aromatic rings. The van der Waals surface area contributed by atoms with Gasteiger partial charge >= 0.3 is 11.9 Å². The maximum absolute atomic E-state index is 11.8. The first kappa shape index (κ1) is 19.9. The molecular weight excluding hydrogens is 342 g/mol. The molecule has 5 atom stereocenters. The molecule has 0 aromatic heterocycles. The van der Waals surface area contributed by atoms with Crippen LogP contribution in [-0.2, 0) is 39.9 Å². The number of carbonyl (C=O) groups is 3. The molecule has 1 fully saturated rings. The number of amides is 1. The molecule has 0 saturated carbocycles. The number of ether oxygens (including phenoxy) is 4. The molecule has 1 heterocycles. The number of carbonyl (C=O) groups excluding carboxylic acids is 3. The van der Waals surface area contributed by atoms with Gasteiger partial charge in [-0.1, -0.05) is 30.3 Å². The van der Waals surface area contributed by atoms with Gasteiger partial charge in [0.05, 0.1) is 12.7 Å². The van der Waals surface area contributed by atoms with Gasteiger partial charge in [-0.2, -0.15) is 0 Å². The van der Waals surface area contributed by atoms with Gasteiger partial charge in [-0.25, -0.2) is 0 Å². The Kier molecular flexibility index (Phi) is 6.70. The Hall–Kier alpha value is -2.45. The smallest absolute Gasteiger partial charge is 0.303 e. The van der Waals surface area contributed by atoms with E-state index in [0.717, 1.165) is 5.56 Å². The topological polar surface area (TPSA) is 114 Å². The molecule has 0 radical (unpaired) electrons. The second-order valence-corrected chi connectivity index (χ2v) is 6.07. The lowest BCUT2D eigenvalue weighted by Crippen LogP contribution is -2.63. The highest BCUT2D eigenvalue weighted by Crippen LogP contribution is 2.29. The fraction of sp³-hybridized carbons (Fsp3) is 0.500. The number of primary amides is 1. The minimum absolute atomic E-state index is 0.166. The van der Waals surface area contributed by atoms with E-state index in [2.05, 4.69) is 0 Å². The fourth-order valence-corrected chi connectivity index (χ4v) is 2.87. The van der Waals surface area contributed by atoms with Gasteiger partial charge in [0.15, 0.2) is 18.3 Å². The molecular formula is C18H23NO7. The van der Waals surface area contributed by atoms with E-state index in [1.54, 1.807) is 6.92 Å². The molecule has 2 rings (SSSR count). The second-order valence-electron chi connectivity index (χ2n) is 6.07. The van der Waals surface area contributed by atoms with Crippen LogP contribution in [0.25, 0.3) is 0 Å². The van der Waals surface area contributed by atoms with Crippen molar-refractivity contribution in [1.29, 1.82) is 0 Å². The molecule has 8 heteroatoms. The van der Waals surface area contributed by atoms with Crippen LogP contribution in [0.1, 0.15) is 26.3 Å². The molecule has 2 unspecified atom stereocenters. The number of nitrogens with two attached hydrogens (primary N) is 1. The first-order valence-electron chi connectivity index (χ1n) is 8.24. The van der Waals surface area contributed by atoms with Gasteiger partial charge in [-0.3, -0.25) is 14.4 Å². The van der Waals surface area contributed by atoms with Crippen molar-refractivity contribution >= 4 is 17.8 Å². The van der Waals surface area contributed by atoms with E-state index in [9.17, 15) is 14.4 Å². The monoisotopic (exact) mass is 365 g/mol. The second kappa shape index (κ2) is 8.77. The normalized spacial score (nSPS) is 28.2. The summed E-state index contributed by atoms with van der Waals surface area (Å²) in [6.45, 7) is 4.25. The average molecular weight is 365 g/mol. The summed E-state index contributed by atoms with van der Waals surface area (Å²) < 4.78 is 22.0. The van der Waals surface area contributed by atoms with Crippen LogP contribution in [0.3, 0.4) is 0 Å². The third-order valence-electron chi connectivity index (χ3n) is 3.94. The maximum atomic E-state index is 11.8. The molecule has 2 N–H and O–H groups in total. The summed E-state index contributed by atoms with van der Waals surface area (Å²) >= 11 is 0. The molecule has 1 aliphatic rings. The van der Waals surface area contributed by atoms with Crippen molar-refractivity contribution in [2.24, 2.45) is 5.73 Å². The molecule has 1 amide bonds. The Morgan fingerprint density at radius 2 is 1.58 bits per heavy atom. The van der Waals surface area contributed by atoms with E-state index in [1.165, 1.54) is 13.8 Å². The molecule has 0 aliphatic carbocycles. The summed E-state index contributed by atoms with van der Waals surface area (Å²) in [5.41, 5.74) is 6.26. The third kappa shape index (κ3) is 5.03. The van der Waals surface area contributed by atoms with Gasteiger partial charge in [0.2, 0.25) is 0 Å². The lowest BCUT2D eigenvalue weighted by molar-refractivity contribution is -0.244. The zero-order valence-electron chi connectivity index (χ0n) is 14.9. The van der Waals surface area contributed by atoms with Crippen molar-refractivity contribution < 1.29 is 33.3 Å². The van der Waals surface area contributed by atoms with Crippen molar-refractivity contribution in [1.82, 2.24) is 0 Å². The minimum atomic E-state index is -1.21. The predicted molar refractivity (Wildman–Crippen MR) is 89.7 cm³/mol. The quantitative estimate of drug-likeness (QED) is 0.738. The first-order valence-corrected chi connectivity index (χ1v) is 8.24. The van der Waals surface area contributed by atoms with Crippen molar-refractivity contribution in [2.45, 2.75) is 57.9 Å². The molecule has 1 saturated heterocycles. The maximum Gasteiger partial charge on any atom is 0.303 e. The van der Waals surface area contributed by atoms with Crippen LogP contribution in [0, 0.1) is 0 Å². The largest absolute Gasteiger partial charge is 0.457 e. The highest BCUT2D eigenvalue weighted by molar-refractivity contribution is 5.80. The summed E-state index contributed by atoms with van der Waals surface area (Å²) in [7, 11) is 0. The van der Waals surface area contributed by atoms with Crippen LogP contribution in [0.5, 0.6) is 0 Å². The lowest BCUT2D eigenvalue weighted by atomic mass is 9.94. The Bertz CT molecular complexity index is 648. The van der Waals surface area contributed by atoms with Crippen LogP contribution in [0.2, 0.25) is 0 Å². The van der Waals surface area contributed by atoms with Gasteiger partial charge in [0.25, 0.3) is 5.91 Å². The van der Waals surface area contributed by atoms with Gasteiger partial charge in [-0.15, -0.1) is 0 Å². The average Bonchev–Trinajstić information content (AvgIpc) is 2.56. The van der Waals surface area contributed by atoms with E-state index in [-0.39, 0.29) is 6.61 Å². The Morgan fingerprint density at radius 3 is 2.12 bits per heavy atom. The molecule has 142 valence electrons. The van der Waals surface area contributed by atoms with Gasteiger partial charge in [0.1, 0.15) is 6.10 Å². The number of rotatable bonds is 6. The lowest BCUT2D eigenvalue weighted by Gasteiger charge is -2.43. The number of esters is 2. The third-order valence-corrected chi connectivity index (χ3v) is 3.94. The van der Waals surface area contributed by atoms with Crippen molar-refractivity contribution in [2.75, 3.05) is 0 Å². The van der Waals surface area contributed by atoms with Crippen LogP contribution >= 0.6 is 0 Å². The number of hydrogen-bond donors (Lipinski definition) is 1. The van der Waals surface area contributed by atoms with Crippen LogP contribution < -0.4 is 5.73 Å². The predicted octanol–water partition coefficient (Wildman–Crippen LogP) is 0.708. The van der Waals surface area contributed by atoms with E-state index in [4.69, 9.17) is 24.7 Å². The molecule has 0 bridgehead atoms. The van der Waals surface area contributed by atoms with Crippen LogP contribution in [0.15, 0.2) is 30.3 Å². The zero-order chi connectivity index (χ0) is 19.3. The minimum Gasteiger partial charge on any atom is -0.457 e. The molecule has 0 spiro atoms. The highest BCUT2D eigenvalue weighted by atomic mass is 16.6. The number of hydrogen-bond acceptors (Lipinski definition) is 7. The summed E-state index contributed by atoms with van der Waals surface area (Å²) in [6, 6.07) is 9.29. The molecule has 8 nitrogen and oxygen atoms in total. The SMILES string of the molecule is CC(=O)OC1[C@H](C)OC(C(N)=O)[C@@H](OC(C)=O)[C@@H]1OCc1ccccc1. The van der Waals surface area contributed by atoms with Crippen LogP contribution in [-0.4, -0.2) is 48.4 Å². The summed E-state index contributed by atoms with van der Waals surface area (Å²) in [6.07, 6.45) is -4.79. The molecule has 26 heavy (non-hydrogen) atoms.